The van der Waals surface area contributed by atoms with Crippen LogP contribution in [0.2, 0.25) is 0 Å². The summed E-state index contributed by atoms with van der Waals surface area (Å²) >= 11 is 0. The Morgan fingerprint density at radius 3 is 2.54 bits per heavy atom. The van der Waals surface area contributed by atoms with Crippen LogP contribution in [0.5, 0.6) is 0 Å². The molecule has 6 heteroatoms. The average Bonchev–Trinajstić information content (AvgIpc) is 3.12. The maximum Gasteiger partial charge on any atom is 0.251 e. The van der Waals surface area contributed by atoms with E-state index >= 15 is 0 Å². The van der Waals surface area contributed by atoms with Gasteiger partial charge < -0.3 is 14.2 Å². The molecule has 0 aliphatic carbocycles. The van der Waals surface area contributed by atoms with Crippen LogP contribution < -0.4 is 5.32 Å². The Morgan fingerprint density at radius 2 is 1.88 bits per heavy atom. The minimum absolute atomic E-state index is 0.0840. The van der Waals surface area contributed by atoms with E-state index in [2.05, 4.69) is 21.6 Å². The number of hydrogen-bond acceptors (Lipinski definition) is 5. The van der Waals surface area contributed by atoms with Crippen molar-refractivity contribution >= 4 is 11.6 Å². The Labute approximate surface area is 139 Å². The van der Waals surface area contributed by atoms with E-state index in [0.29, 0.717) is 18.2 Å². The van der Waals surface area contributed by atoms with E-state index in [1.54, 1.807) is 12.3 Å². The Bertz CT molecular complexity index is 844. The van der Waals surface area contributed by atoms with Crippen LogP contribution in [0.15, 0.2) is 39.4 Å². The molecule has 24 heavy (non-hydrogen) atoms. The molecule has 6 nitrogen and oxygen atoms in total. The lowest BCUT2D eigenvalue weighted by Gasteiger charge is -2.06. The number of nitrogens with zero attached hydrogens (tertiary/aromatic N) is 2. The van der Waals surface area contributed by atoms with Crippen LogP contribution in [-0.2, 0) is 11.2 Å². The number of aryl methyl sites for hydroxylation is 4. The minimum Gasteiger partial charge on any atom is -0.469 e. The second-order valence-electron chi connectivity index (χ2n) is 5.82. The third kappa shape index (κ3) is 3.71. The second kappa shape index (κ2) is 6.70. The fourth-order valence-corrected chi connectivity index (χ4v) is 2.56. The lowest BCUT2D eigenvalue weighted by molar-refractivity contribution is -0.116. The first-order chi connectivity index (χ1) is 11.5. The molecule has 0 aliphatic heterocycles. The van der Waals surface area contributed by atoms with Gasteiger partial charge in [-0.05, 0) is 50.1 Å². The molecule has 0 atom stereocenters. The van der Waals surface area contributed by atoms with Crippen molar-refractivity contribution in [3.05, 3.63) is 53.3 Å². The SMILES string of the molecule is Cc1cc(C)cc(NC(=O)CCc2nnc(-c3ccoc3C)o2)c1. The largest absolute Gasteiger partial charge is 0.469 e. The zero-order chi connectivity index (χ0) is 17.1. The lowest BCUT2D eigenvalue weighted by Crippen LogP contribution is -2.12. The van der Waals surface area contributed by atoms with Gasteiger partial charge in [0.2, 0.25) is 11.8 Å². The van der Waals surface area contributed by atoms with Crippen molar-refractivity contribution in [3.63, 3.8) is 0 Å². The molecule has 2 heterocycles. The maximum atomic E-state index is 12.1. The van der Waals surface area contributed by atoms with Crippen molar-refractivity contribution in [2.75, 3.05) is 5.32 Å². The van der Waals surface area contributed by atoms with Gasteiger partial charge in [0.1, 0.15) is 5.76 Å². The molecule has 1 amide bonds. The van der Waals surface area contributed by atoms with Crippen LogP contribution in [0.4, 0.5) is 5.69 Å². The zero-order valence-corrected chi connectivity index (χ0v) is 13.9. The standard InChI is InChI=1S/C18H19N3O3/c1-11-8-12(2)10-14(9-11)19-16(22)4-5-17-20-21-18(24-17)15-6-7-23-13(15)3/h6-10H,4-5H2,1-3H3,(H,19,22). The quantitative estimate of drug-likeness (QED) is 0.771. The summed E-state index contributed by atoms with van der Waals surface area (Å²) in [5.41, 5.74) is 3.80. The summed E-state index contributed by atoms with van der Waals surface area (Å²) < 4.78 is 10.8. The number of furan rings is 1. The van der Waals surface area contributed by atoms with E-state index in [-0.39, 0.29) is 12.3 Å². The number of rotatable bonds is 5. The predicted octanol–water partition coefficient (Wildman–Crippen LogP) is 3.83. The molecule has 124 valence electrons. The third-order valence-electron chi connectivity index (χ3n) is 3.63. The third-order valence-corrected chi connectivity index (χ3v) is 3.63. The molecule has 0 radical (unpaired) electrons. The highest BCUT2D eigenvalue weighted by Gasteiger charge is 2.14. The second-order valence-corrected chi connectivity index (χ2v) is 5.82. The molecule has 0 saturated carbocycles. The molecule has 0 unspecified atom stereocenters. The van der Waals surface area contributed by atoms with Crippen molar-refractivity contribution < 1.29 is 13.6 Å². The predicted molar refractivity (Wildman–Crippen MR) is 89.6 cm³/mol. The first-order valence-electron chi connectivity index (χ1n) is 7.76. The molecule has 3 rings (SSSR count). The van der Waals surface area contributed by atoms with Gasteiger partial charge in [-0.15, -0.1) is 10.2 Å². The number of benzene rings is 1. The number of nitrogens with one attached hydrogen (secondary N) is 1. The molecular formula is C18H19N3O3. The van der Waals surface area contributed by atoms with E-state index in [9.17, 15) is 4.79 Å². The van der Waals surface area contributed by atoms with Crippen LogP contribution in [0.25, 0.3) is 11.5 Å². The van der Waals surface area contributed by atoms with Crippen LogP contribution >= 0.6 is 0 Å². The Kier molecular flexibility index (Phi) is 4.46. The van der Waals surface area contributed by atoms with Crippen LogP contribution in [0.1, 0.15) is 29.2 Å². The van der Waals surface area contributed by atoms with Gasteiger partial charge in [0.05, 0.1) is 11.8 Å². The smallest absolute Gasteiger partial charge is 0.251 e. The summed E-state index contributed by atoms with van der Waals surface area (Å²) in [4.78, 5) is 12.1. The van der Waals surface area contributed by atoms with Gasteiger partial charge in [0.25, 0.3) is 5.89 Å². The summed E-state index contributed by atoms with van der Waals surface area (Å²) in [5, 5.41) is 10.9. The normalized spacial score (nSPS) is 10.8. The van der Waals surface area contributed by atoms with E-state index < -0.39 is 0 Å². The van der Waals surface area contributed by atoms with Crippen molar-refractivity contribution in [2.45, 2.75) is 33.6 Å². The van der Waals surface area contributed by atoms with Crippen molar-refractivity contribution in [1.82, 2.24) is 10.2 Å². The fourth-order valence-electron chi connectivity index (χ4n) is 2.56. The molecule has 1 aromatic carbocycles. The molecule has 0 saturated heterocycles. The van der Waals surface area contributed by atoms with Crippen molar-refractivity contribution in [2.24, 2.45) is 0 Å². The number of amides is 1. The highest BCUT2D eigenvalue weighted by molar-refractivity contribution is 5.90. The van der Waals surface area contributed by atoms with Crippen molar-refractivity contribution in [1.29, 1.82) is 0 Å². The number of hydrogen-bond donors (Lipinski definition) is 1. The summed E-state index contributed by atoms with van der Waals surface area (Å²) in [7, 11) is 0. The molecule has 0 spiro atoms. The number of carbonyl (C=O) groups is 1. The lowest BCUT2D eigenvalue weighted by atomic mass is 10.1. The molecular weight excluding hydrogens is 306 g/mol. The summed E-state index contributed by atoms with van der Waals surface area (Å²) in [6, 6.07) is 7.72. The molecule has 0 bridgehead atoms. The van der Waals surface area contributed by atoms with E-state index in [1.807, 2.05) is 32.9 Å². The Hall–Kier alpha value is -2.89. The van der Waals surface area contributed by atoms with E-state index in [1.165, 1.54) is 0 Å². The molecule has 0 fully saturated rings. The van der Waals surface area contributed by atoms with Gasteiger partial charge in [-0.2, -0.15) is 0 Å². The zero-order valence-electron chi connectivity index (χ0n) is 13.9. The van der Waals surface area contributed by atoms with Gasteiger partial charge in [-0.1, -0.05) is 6.07 Å². The Morgan fingerprint density at radius 1 is 1.12 bits per heavy atom. The van der Waals surface area contributed by atoms with Gasteiger partial charge in [-0.25, -0.2) is 0 Å². The van der Waals surface area contributed by atoms with Gasteiger partial charge in [-0.3, -0.25) is 4.79 Å². The molecule has 1 N–H and O–H groups in total. The topological polar surface area (TPSA) is 81.2 Å². The van der Waals surface area contributed by atoms with E-state index in [0.717, 1.165) is 28.1 Å². The summed E-state index contributed by atoms with van der Waals surface area (Å²) in [6.45, 7) is 5.83. The number of carbonyl (C=O) groups excluding carboxylic acids is 1. The van der Waals surface area contributed by atoms with E-state index in [4.69, 9.17) is 8.83 Å². The van der Waals surface area contributed by atoms with Gasteiger partial charge in [0, 0.05) is 18.5 Å². The first kappa shape index (κ1) is 16.0. The number of aromatic nitrogens is 2. The fraction of sp³-hybridized carbons (Fsp3) is 0.278. The highest BCUT2D eigenvalue weighted by atomic mass is 16.4. The summed E-state index contributed by atoms with van der Waals surface area (Å²) in [6.07, 6.45) is 2.24. The van der Waals surface area contributed by atoms with Crippen LogP contribution in [-0.4, -0.2) is 16.1 Å². The van der Waals surface area contributed by atoms with Gasteiger partial charge >= 0.3 is 0 Å². The first-order valence-corrected chi connectivity index (χ1v) is 7.76. The maximum absolute atomic E-state index is 12.1. The minimum atomic E-state index is -0.0840. The van der Waals surface area contributed by atoms with Crippen LogP contribution in [0.3, 0.4) is 0 Å². The van der Waals surface area contributed by atoms with Crippen LogP contribution in [0, 0.1) is 20.8 Å². The molecule has 3 aromatic rings. The summed E-state index contributed by atoms with van der Waals surface area (Å²) in [5.74, 6) is 1.48. The van der Waals surface area contributed by atoms with Crippen molar-refractivity contribution in [3.8, 4) is 11.5 Å². The molecule has 0 aliphatic rings. The monoisotopic (exact) mass is 325 g/mol. The average molecular weight is 325 g/mol. The molecule has 2 aromatic heterocycles. The Balaban J connectivity index is 1.59. The number of anilines is 1. The highest BCUT2D eigenvalue weighted by Crippen LogP contribution is 2.23. The van der Waals surface area contributed by atoms with Gasteiger partial charge in [0.15, 0.2) is 0 Å².